The Bertz CT molecular complexity index is 761. The van der Waals surface area contributed by atoms with Crippen molar-refractivity contribution in [2.24, 2.45) is 0 Å². The molecular formula is C19H22F2N2O4. The first-order chi connectivity index (χ1) is 12.9. The Morgan fingerprint density at radius 1 is 1.30 bits per heavy atom. The summed E-state index contributed by atoms with van der Waals surface area (Å²) in [6.07, 6.45) is 4.22. The lowest BCUT2D eigenvalue weighted by Crippen LogP contribution is -2.33. The van der Waals surface area contributed by atoms with E-state index >= 15 is 0 Å². The summed E-state index contributed by atoms with van der Waals surface area (Å²) in [5.41, 5.74) is 0.306. The van der Waals surface area contributed by atoms with Crippen molar-refractivity contribution in [2.75, 3.05) is 27.7 Å². The van der Waals surface area contributed by atoms with Gasteiger partial charge < -0.3 is 19.2 Å². The Morgan fingerprint density at radius 3 is 2.67 bits per heavy atom. The van der Waals surface area contributed by atoms with Gasteiger partial charge in [0, 0.05) is 18.2 Å². The van der Waals surface area contributed by atoms with E-state index in [9.17, 15) is 13.6 Å². The van der Waals surface area contributed by atoms with E-state index in [1.54, 1.807) is 24.5 Å². The lowest BCUT2D eigenvalue weighted by atomic mass is 10.1. The van der Waals surface area contributed by atoms with Crippen molar-refractivity contribution in [3.8, 4) is 11.5 Å². The number of hydrogen-bond acceptors (Lipinski definition) is 5. The highest BCUT2D eigenvalue weighted by Gasteiger charge is 2.17. The summed E-state index contributed by atoms with van der Waals surface area (Å²) in [7, 11) is 5.10. The van der Waals surface area contributed by atoms with Gasteiger partial charge >= 0.3 is 6.61 Å². The van der Waals surface area contributed by atoms with E-state index in [-0.39, 0.29) is 23.4 Å². The average molecular weight is 380 g/mol. The second kappa shape index (κ2) is 9.72. The van der Waals surface area contributed by atoms with Gasteiger partial charge in [-0.2, -0.15) is 8.78 Å². The maximum atomic E-state index is 12.6. The van der Waals surface area contributed by atoms with Crippen LogP contribution in [-0.4, -0.2) is 45.2 Å². The monoisotopic (exact) mass is 380 g/mol. The largest absolute Gasteiger partial charge is 0.493 e. The van der Waals surface area contributed by atoms with Crippen molar-refractivity contribution in [3.63, 3.8) is 0 Å². The summed E-state index contributed by atoms with van der Waals surface area (Å²) in [6, 6.07) is 8.15. The first-order valence-corrected chi connectivity index (χ1v) is 8.20. The highest BCUT2D eigenvalue weighted by atomic mass is 19.3. The lowest BCUT2D eigenvalue weighted by molar-refractivity contribution is -0.116. The summed E-state index contributed by atoms with van der Waals surface area (Å²) in [5, 5.41) is 2.76. The lowest BCUT2D eigenvalue weighted by Gasteiger charge is -2.22. The van der Waals surface area contributed by atoms with E-state index in [1.165, 1.54) is 25.3 Å². The van der Waals surface area contributed by atoms with Crippen LogP contribution in [0.15, 0.2) is 47.1 Å². The predicted molar refractivity (Wildman–Crippen MR) is 96.8 cm³/mol. The fourth-order valence-electron chi connectivity index (χ4n) is 2.48. The minimum atomic E-state index is -3.00. The third kappa shape index (κ3) is 5.82. The van der Waals surface area contributed by atoms with Gasteiger partial charge in [-0.1, -0.05) is 12.1 Å². The van der Waals surface area contributed by atoms with Crippen LogP contribution in [-0.2, 0) is 4.79 Å². The van der Waals surface area contributed by atoms with Crippen LogP contribution in [0.25, 0.3) is 6.08 Å². The van der Waals surface area contributed by atoms with E-state index in [1.807, 2.05) is 25.1 Å². The maximum absolute atomic E-state index is 12.6. The smallest absolute Gasteiger partial charge is 0.387 e. The number of halogens is 2. The van der Waals surface area contributed by atoms with Crippen LogP contribution in [0.1, 0.15) is 17.4 Å². The van der Waals surface area contributed by atoms with E-state index in [0.29, 0.717) is 12.1 Å². The molecule has 0 aliphatic heterocycles. The number of carbonyl (C=O) groups excluding carboxylic acids is 1. The Labute approximate surface area is 156 Å². The van der Waals surface area contributed by atoms with Gasteiger partial charge in [-0.15, -0.1) is 0 Å². The maximum Gasteiger partial charge on any atom is 0.387 e. The fraction of sp³-hybridized carbons (Fsp3) is 0.316. The number of hydrogen-bond donors (Lipinski definition) is 1. The molecular weight excluding hydrogens is 358 g/mol. The number of benzene rings is 1. The molecule has 1 aromatic carbocycles. The van der Waals surface area contributed by atoms with Crippen LogP contribution in [0, 0.1) is 0 Å². The summed E-state index contributed by atoms with van der Waals surface area (Å²) in [5.74, 6) is 0.382. The molecule has 2 aromatic rings. The molecule has 1 amide bonds. The minimum absolute atomic E-state index is 0.124. The molecule has 0 radical (unpaired) electrons. The Hall–Kier alpha value is -2.87. The molecule has 1 heterocycles. The van der Waals surface area contributed by atoms with Gasteiger partial charge in [0.1, 0.15) is 5.76 Å². The van der Waals surface area contributed by atoms with Crippen molar-refractivity contribution >= 4 is 12.0 Å². The van der Waals surface area contributed by atoms with Crippen LogP contribution in [0.5, 0.6) is 11.5 Å². The summed E-state index contributed by atoms with van der Waals surface area (Å²) >= 11 is 0. The molecule has 0 spiro atoms. The van der Waals surface area contributed by atoms with Gasteiger partial charge in [0.2, 0.25) is 5.91 Å². The van der Waals surface area contributed by atoms with E-state index in [4.69, 9.17) is 9.15 Å². The predicted octanol–water partition coefficient (Wildman–Crippen LogP) is 3.32. The third-order valence-electron chi connectivity index (χ3n) is 3.82. The molecule has 27 heavy (non-hydrogen) atoms. The number of alkyl halides is 2. The van der Waals surface area contributed by atoms with Crippen LogP contribution < -0.4 is 14.8 Å². The number of rotatable bonds is 9. The molecule has 1 N–H and O–H groups in total. The second-order valence-electron chi connectivity index (χ2n) is 5.83. The number of furan rings is 1. The zero-order valence-corrected chi connectivity index (χ0v) is 15.3. The van der Waals surface area contributed by atoms with Crippen molar-refractivity contribution in [3.05, 3.63) is 54.0 Å². The number of carbonyl (C=O) groups is 1. The normalized spacial score (nSPS) is 12.6. The summed E-state index contributed by atoms with van der Waals surface area (Å²) < 4.78 is 40.2. The molecule has 1 unspecified atom stereocenters. The Kier molecular flexibility index (Phi) is 7.36. The highest BCUT2D eigenvalue weighted by Crippen LogP contribution is 2.33. The van der Waals surface area contributed by atoms with Crippen molar-refractivity contribution in [1.82, 2.24) is 10.2 Å². The van der Waals surface area contributed by atoms with Crippen LogP contribution in [0.4, 0.5) is 8.78 Å². The quantitative estimate of drug-likeness (QED) is 0.676. The first-order valence-electron chi connectivity index (χ1n) is 8.20. The number of nitrogens with one attached hydrogen (secondary N) is 1. The summed E-state index contributed by atoms with van der Waals surface area (Å²) in [6.45, 7) is -2.68. The molecule has 0 fully saturated rings. The Balaban J connectivity index is 2.06. The number of ether oxygens (including phenoxy) is 2. The van der Waals surface area contributed by atoms with E-state index in [0.717, 1.165) is 5.76 Å². The van der Waals surface area contributed by atoms with Crippen LogP contribution >= 0.6 is 0 Å². The average Bonchev–Trinajstić information content (AvgIpc) is 3.14. The molecule has 6 nitrogen and oxygen atoms in total. The minimum Gasteiger partial charge on any atom is -0.493 e. The molecule has 0 saturated carbocycles. The standard InChI is InChI=1S/C19H22F2N2O4/c1-23(2)14(15-8-5-11-26-15)12-22-17(24)10-9-13-6-4-7-16(25-3)18(13)27-19(20)21/h4-11,14,19H,12H2,1-3H3,(H,22,24)/b10-9-. The Morgan fingerprint density at radius 2 is 2.07 bits per heavy atom. The SMILES string of the molecule is COc1cccc(/C=C\C(=O)NCC(c2ccco2)N(C)C)c1OC(F)F. The molecule has 0 aliphatic rings. The zero-order chi connectivity index (χ0) is 19.8. The number of methoxy groups -OCH3 is 1. The number of para-hydroxylation sites is 1. The first kappa shape index (κ1) is 20.4. The molecule has 1 aromatic heterocycles. The van der Waals surface area contributed by atoms with E-state index in [2.05, 4.69) is 10.1 Å². The van der Waals surface area contributed by atoms with Gasteiger partial charge in [0.25, 0.3) is 0 Å². The third-order valence-corrected chi connectivity index (χ3v) is 3.82. The van der Waals surface area contributed by atoms with Crippen molar-refractivity contribution < 1.29 is 27.5 Å². The topological polar surface area (TPSA) is 63.9 Å². The van der Waals surface area contributed by atoms with Crippen molar-refractivity contribution in [2.45, 2.75) is 12.7 Å². The molecule has 0 saturated heterocycles. The van der Waals surface area contributed by atoms with Crippen LogP contribution in [0.2, 0.25) is 0 Å². The zero-order valence-electron chi connectivity index (χ0n) is 15.3. The fourth-order valence-corrected chi connectivity index (χ4v) is 2.48. The van der Waals surface area contributed by atoms with Crippen molar-refractivity contribution in [1.29, 1.82) is 0 Å². The van der Waals surface area contributed by atoms with Gasteiger partial charge in [-0.3, -0.25) is 9.69 Å². The van der Waals surface area contributed by atoms with Crippen LogP contribution in [0.3, 0.4) is 0 Å². The number of likely N-dealkylation sites (N-methyl/N-ethyl adjacent to an activating group) is 1. The molecule has 0 aliphatic carbocycles. The van der Waals surface area contributed by atoms with Gasteiger partial charge in [0.05, 0.1) is 19.4 Å². The molecule has 0 bridgehead atoms. The summed E-state index contributed by atoms with van der Waals surface area (Å²) in [4.78, 5) is 14.0. The second-order valence-corrected chi connectivity index (χ2v) is 5.83. The molecule has 8 heteroatoms. The number of amides is 1. The van der Waals surface area contributed by atoms with Gasteiger partial charge in [-0.05, 0) is 38.4 Å². The van der Waals surface area contributed by atoms with Gasteiger partial charge in [0.15, 0.2) is 11.5 Å². The van der Waals surface area contributed by atoms with E-state index < -0.39 is 6.61 Å². The highest BCUT2D eigenvalue weighted by molar-refractivity contribution is 5.92. The number of nitrogens with zero attached hydrogens (tertiary/aromatic N) is 1. The molecule has 146 valence electrons. The molecule has 2 rings (SSSR count). The molecule has 1 atom stereocenters. The van der Waals surface area contributed by atoms with Gasteiger partial charge in [-0.25, -0.2) is 0 Å².